The van der Waals surface area contributed by atoms with E-state index in [0.717, 1.165) is 6.26 Å². The molecule has 0 saturated heterocycles. The van der Waals surface area contributed by atoms with Gasteiger partial charge >= 0.3 is 0 Å². The molecule has 124 valence electrons. The normalized spacial score (nSPS) is 11.7. The summed E-state index contributed by atoms with van der Waals surface area (Å²) in [6.07, 6.45) is 4.05. The number of nitrogens with zero attached hydrogens (tertiary/aromatic N) is 3. The Bertz CT molecular complexity index is 1010. The van der Waals surface area contributed by atoms with Gasteiger partial charge in [-0.2, -0.15) is 0 Å². The SMILES string of the molecule is CS(=O)(=O)c1ccc(-n2cnc(Cl)c2-c2ccc(Cl)cc2Cl)cn1. The van der Waals surface area contributed by atoms with E-state index in [0.29, 0.717) is 27.0 Å². The second-order valence-electron chi connectivity index (χ2n) is 5.00. The molecule has 0 amide bonds. The Morgan fingerprint density at radius 1 is 1.04 bits per heavy atom. The first kappa shape index (κ1) is 17.2. The Balaban J connectivity index is 2.14. The van der Waals surface area contributed by atoms with Gasteiger partial charge in [-0.3, -0.25) is 4.57 Å². The van der Waals surface area contributed by atoms with Crippen molar-refractivity contribution < 1.29 is 8.42 Å². The second kappa shape index (κ2) is 6.37. The molecule has 0 aliphatic carbocycles. The molecule has 0 aliphatic heterocycles. The maximum Gasteiger partial charge on any atom is 0.192 e. The molecule has 0 radical (unpaired) electrons. The number of hydrogen-bond acceptors (Lipinski definition) is 4. The van der Waals surface area contributed by atoms with Gasteiger partial charge in [0, 0.05) is 16.8 Å². The summed E-state index contributed by atoms with van der Waals surface area (Å²) in [5.41, 5.74) is 1.81. The Morgan fingerprint density at radius 2 is 1.79 bits per heavy atom. The quantitative estimate of drug-likeness (QED) is 0.655. The third kappa shape index (κ3) is 3.28. The van der Waals surface area contributed by atoms with Crippen LogP contribution in [0.4, 0.5) is 0 Å². The zero-order chi connectivity index (χ0) is 17.5. The summed E-state index contributed by atoms with van der Waals surface area (Å²) >= 11 is 18.4. The number of aromatic nitrogens is 3. The lowest BCUT2D eigenvalue weighted by molar-refractivity contribution is 0.598. The van der Waals surface area contributed by atoms with E-state index in [1.165, 1.54) is 18.6 Å². The number of rotatable bonds is 3. The zero-order valence-corrected chi connectivity index (χ0v) is 15.3. The fourth-order valence-corrected chi connectivity index (χ4v) is 3.47. The van der Waals surface area contributed by atoms with E-state index in [9.17, 15) is 8.42 Å². The van der Waals surface area contributed by atoms with Crippen molar-refractivity contribution in [2.45, 2.75) is 5.03 Å². The first-order chi connectivity index (χ1) is 11.3. The van der Waals surface area contributed by atoms with Crippen molar-refractivity contribution in [3.8, 4) is 16.9 Å². The first-order valence-electron chi connectivity index (χ1n) is 6.62. The molecule has 0 N–H and O–H groups in total. The molecule has 0 atom stereocenters. The molecular weight excluding hydrogens is 393 g/mol. The molecule has 0 spiro atoms. The average Bonchev–Trinajstić information content (AvgIpc) is 2.88. The van der Waals surface area contributed by atoms with Crippen molar-refractivity contribution in [3.63, 3.8) is 0 Å². The molecule has 0 bridgehead atoms. The van der Waals surface area contributed by atoms with Crippen molar-refractivity contribution in [1.29, 1.82) is 0 Å². The van der Waals surface area contributed by atoms with E-state index in [4.69, 9.17) is 34.8 Å². The van der Waals surface area contributed by atoms with Gasteiger partial charge in [-0.25, -0.2) is 18.4 Å². The number of imidazole rings is 1. The summed E-state index contributed by atoms with van der Waals surface area (Å²) in [7, 11) is -3.37. The molecule has 0 aliphatic rings. The van der Waals surface area contributed by atoms with Crippen LogP contribution in [0.1, 0.15) is 0 Å². The number of hydrogen-bond donors (Lipinski definition) is 0. The number of sulfone groups is 1. The monoisotopic (exact) mass is 401 g/mol. The summed E-state index contributed by atoms with van der Waals surface area (Å²) < 4.78 is 24.7. The molecule has 1 aromatic carbocycles. The van der Waals surface area contributed by atoms with Gasteiger partial charge in [0.15, 0.2) is 20.0 Å². The average molecular weight is 403 g/mol. The molecule has 0 fully saturated rings. The van der Waals surface area contributed by atoms with Crippen LogP contribution in [-0.4, -0.2) is 29.2 Å². The van der Waals surface area contributed by atoms with Crippen molar-refractivity contribution in [1.82, 2.24) is 14.5 Å². The molecule has 24 heavy (non-hydrogen) atoms. The highest BCUT2D eigenvalue weighted by Crippen LogP contribution is 2.35. The van der Waals surface area contributed by atoms with Crippen LogP contribution < -0.4 is 0 Å². The van der Waals surface area contributed by atoms with Gasteiger partial charge < -0.3 is 0 Å². The zero-order valence-electron chi connectivity index (χ0n) is 12.2. The number of benzene rings is 1. The standard InChI is InChI=1S/C15H10Cl3N3O2S/c1-24(22,23)13-5-3-10(7-19-13)21-8-20-15(18)14(21)11-4-2-9(16)6-12(11)17/h2-8H,1H3. The lowest BCUT2D eigenvalue weighted by Crippen LogP contribution is -2.02. The largest absolute Gasteiger partial charge is 0.296 e. The molecule has 3 aromatic rings. The fourth-order valence-electron chi connectivity index (χ4n) is 2.18. The lowest BCUT2D eigenvalue weighted by Gasteiger charge is -2.10. The van der Waals surface area contributed by atoms with Gasteiger partial charge in [-0.05, 0) is 30.3 Å². The van der Waals surface area contributed by atoms with E-state index in [1.54, 1.807) is 28.8 Å². The van der Waals surface area contributed by atoms with Gasteiger partial charge in [0.1, 0.15) is 6.33 Å². The first-order valence-corrected chi connectivity index (χ1v) is 9.64. The number of pyridine rings is 1. The highest BCUT2D eigenvalue weighted by Gasteiger charge is 2.17. The van der Waals surface area contributed by atoms with Crippen molar-refractivity contribution in [2.24, 2.45) is 0 Å². The highest BCUT2D eigenvalue weighted by atomic mass is 35.5. The molecule has 3 rings (SSSR count). The molecule has 9 heteroatoms. The summed E-state index contributed by atoms with van der Waals surface area (Å²) in [4.78, 5) is 8.07. The third-order valence-corrected chi connectivity index (χ3v) is 5.11. The Labute approximate surface area is 153 Å². The predicted octanol–water partition coefficient (Wildman–Crippen LogP) is 4.30. The van der Waals surface area contributed by atoms with Gasteiger partial charge in [-0.1, -0.05) is 34.8 Å². The van der Waals surface area contributed by atoms with Crippen molar-refractivity contribution >= 4 is 44.6 Å². The van der Waals surface area contributed by atoms with Gasteiger partial charge in [0.25, 0.3) is 0 Å². The van der Waals surface area contributed by atoms with E-state index in [1.807, 2.05) is 0 Å². The minimum atomic E-state index is -3.37. The molecule has 5 nitrogen and oxygen atoms in total. The minimum Gasteiger partial charge on any atom is -0.296 e. The maximum atomic E-state index is 11.5. The topological polar surface area (TPSA) is 64.8 Å². The van der Waals surface area contributed by atoms with E-state index in [2.05, 4.69) is 9.97 Å². The highest BCUT2D eigenvalue weighted by molar-refractivity contribution is 7.90. The van der Waals surface area contributed by atoms with E-state index >= 15 is 0 Å². The summed E-state index contributed by atoms with van der Waals surface area (Å²) in [6.45, 7) is 0. The van der Waals surface area contributed by atoms with Crippen LogP contribution in [0.25, 0.3) is 16.9 Å². The van der Waals surface area contributed by atoms with Crippen LogP contribution >= 0.6 is 34.8 Å². The predicted molar refractivity (Wildman–Crippen MR) is 94.9 cm³/mol. The van der Waals surface area contributed by atoms with Crippen LogP contribution in [0.5, 0.6) is 0 Å². The maximum absolute atomic E-state index is 11.5. The van der Waals surface area contributed by atoms with Crippen LogP contribution in [-0.2, 0) is 9.84 Å². The van der Waals surface area contributed by atoms with Crippen LogP contribution in [0.2, 0.25) is 15.2 Å². The summed E-state index contributed by atoms with van der Waals surface area (Å²) in [6, 6.07) is 8.08. The van der Waals surface area contributed by atoms with E-state index in [-0.39, 0.29) is 10.2 Å². The summed E-state index contributed by atoms with van der Waals surface area (Å²) in [5.74, 6) is 0. The lowest BCUT2D eigenvalue weighted by atomic mass is 10.1. The Kier molecular flexibility index (Phi) is 4.57. The molecule has 2 heterocycles. The third-order valence-electron chi connectivity index (χ3n) is 3.29. The molecule has 0 unspecified atom stereocenters. The summed E-state index contributed by atoms with van der Waals surface area (Å²) in [5, 5.41) is 1.17. The Hall–Kier alpha value is -1.60. The second-order valence-corrected chi connectivity index (χ2v) is 8.17. The minimum absolute atomic E-state index is 0.0106. The van der Waals surface area contributed by atoms with Gasteiger partial charge in [-0.15, -0.1) is 0 Å². The van der Waals surface area contributed by atoms with Crippen LogP contribution in [0.3, 0.4) is 0 Å². The smallest absolute Gasteiger partial charge is 0.192 e. The fraction of sp³-hybridized carbons (Fsp3) is 0.0667. The molecular formula is C15H10Cl3N3O2S. The van der Waals surface area contributed by atoms with Crippen LogP contribution in [0.15, 0.2) is 47.9 Å². The molecule has 2 aromatic heterocycles. The number of halogens is 3. The van der Waals surface area contributed by atoms with Crippen molar-refractivity contribution in [2.75, 3.05) is 6.26 Å². The van der Waals surface area contributed by atoms with Gasteiger partial charge in [0.2, 0.25) is 0 Å². The van der Waals surface area contributed by atoms with E-state index < -0.39 is 9.84 Å². The van der Waals surface area contributed by atoms with Crippen LogP contribution in [0, 0.1) is 0 Å². The van der Waals surface area contributed by atoms with Crippen molar-refractivity contribution in [3.05, 3.63) is 58.1 Å². The Morgan fingerprint density at radius 3 is 2.38 bits per heavy atom. The van der Waals surface area contributed by atoms with Gasteiger partial charge in [0.05, 0.1) is 22.6 Å². The molecule has 0 saturated carbocycles.